The van der Waals surface area contributed by atoms with Crippen molar-refractivity contribution in [1.82, 2.24) is 14.9 Å². The van der Waals surface area contributed by atoms with Gasteiger partial charge in [0.2, 0.25) is 5.91 Å². The minimum atomic E-state index is -1.21. The molecule has 1 atom stereocenters. The van der Waals surface area contributed by atoms with Crippen LogP contribution in [0, 0.1) is 36.8 Å². The summed E-state index contributed by atoms with van der Waals surface area (Å²) in [7, 11) is 0. The minimum absolute atomic E-state index is 0.0110. The number of aryl methyl sites for hydroxylation is 1. The van der Waals surface area contributed by atoms with Gasteiger partial charge in [-0.25, -0.2) is 13.8 Å². The van der Waals surface area contributed by atoms with Crippen LogP contribution in [0.25, 0.3) is 5.69 Å². The molecule has 0 radical (unpaired) electrons. The van der Waals surface area contributed by atoms with Crippen molar-refractivity contribution in [3.8, 4) is 11.8 Å². The highest BCUT2D eigenvalue weighted by Gasteiger charge is 2.19. The second kappa shape index (κ2) is 8.88. The number of rotatable bonds is 6. The lowest BCUT2D eigenvalue weighted by atomic mass is 10.1. The Bertz CT molecular complexity index is 1090. The van der Waals surface area contributed by atoms with Gasteiger partial charge in [-0.05, 0) is 37.1 Å². The highest BCUT2D eigenvalue weighted by molar-refractivity contribution is 7.99. The number of hydrogen-bond acceptors (Lipinski definition) is 4. The fourth-order valence-corrected chi connectivity index (χ4v) is 3.60. The van der Waals surface area contributed by atoms with Crippen molar-refractivity contribution in [2.75, 3.05) is 5.75 Å². The summed E-state index contributed by atoms with van der Waals surface area (Å²) in [5, 5.41) is 12.4. The van der Waals surface area contributed by atoms with Crippen LogP contribution in [0.1, 0.15) is 22.7 Å². The molecule has 0 spiro atoms. The third kappa shape index (κ3) is 4.63. The lowest BCUT2D eigenvalue weighted by molar-refractivity contribution is -0.118. The molecule has 0 aliphatic heterocycles. The topological polar surface area (TPSA) is 70.7 Å². The van der Waals surface area contributed by atoms with E-state index in [1.807, 2.05) is 48.9 Å². The maximum absolute atomic E-state index is 13.9. The Morgan fingerprint density at radius 1 is 1.31 bits per heavy atom. The standard InChI is InChI=1S/C21H18F2N4OS/c1-13-4-3-5-19(14(13)2)27-9-8-25-21(27)29-12-20(28)26-18(11-24)16-7-6-15(22)10-17(16)23/h3-10,18H,12H2,1-2H3,(H,26,28). The number of thioether (sulfide) groups is 1. The predicted octanol–water partition coefficient (Wildman–Crippen LogP) is 4.24. The molecule has 148 valence electrons. The molecule has 3 aromatic rings. The van der Waals surface area contributed by atoms with Gasteiger partial charge in [0.1, 0.15) is 17.7 Å². The zero-order chi connectivity index (χ0) is 21.0. The first-order valence-electron chi connectivity index (χ1n) is 8.77. The van der Waals surface area contributed by atoms with Gasteiger partial charge in [0.25, 0.3) is 0 Å². The number of imidazole rings is 1. The summed E-state index contributed by atoms with van der Waals surface area (Å²) in [5.74, 6) is -2.10. The number of aromatic nitrogens is 2. The molecule has 0 aliphatic rings. The SMILES string of the molecule is Cc1cccc(-n2ccnc2SCC(=O)NC(C#N)c2ccc(F)cc2F)c1C. The number of nitrogens with zero attached hydrogens (tertiary/aromatic N) is 3. The molecule has 0 saturated heterocycles. The van der Waals surface area contributed by atoms with Crippen LogP contribution >= 0.6 is 11.8 Å². The van der Waals surface area contributed by atoms with Crippen molar-refractivity contribution in [3.05, 3.63) is 77.1 Å². The molecule has 0 aliphatic carbocycles. The van der Waals surface area contributed by atoms with Crippen molar-refractivity contribution in [2.24, 2.45) is 0 Å². The number of carbonyl (C=O) groups excluding carboxylic acids is 1. The van der Waals surface area contributed by atoms with Gasteiger partial charge < -0.3 is 5.32 Å². The lowest BCUT2D eigenvalue weighted by Gasteiger charge is -2.14. The third-order valence-corrected chi connectivity index (χ3v) is 5.45. The Hall–Kier alpha value is -3.18. The van der Waals surface area contributed by atoms with Crippen LogP contribution in [0.3, 0.4) is 0 Å². The molecule has 3 rings (SSSR count). The highest BCUT2D eigenvalue weighted by Crippen LogP contribution is 2.24. The monoisotopic (exact) mass is 412 g/mol. The average molecular weight is 412 g/mol. The molecule has 29 heavy (non-hydrogen) atoms. The van der Waals surface area contributed by atoms with Gasteiger partial charge in [-0.1, -0.05) is 30.0 Å². The van der Waals surface area contributed by atoms with Crippen LogP contribution < -0.4 is 5.32 Å². The van der Waals surface area contributed by atoms with E-state index < -0.39 is 23.6 Å². The van der Waals surface area contributed by atoms with E-state index in [-0.39, 0.29) is 11.3 Å². The number of halogens is 2. The van der Waals surface area contributed by atoms with Gasteiger partial charge in [-0.2, -0.15) is 5.26 Å². The number of nitriles is 1. The van der Waals surface area contributed by atoms with Gasteiger partial charge in [0, 0.05) is 24.0 Å². The third-order valence-electron chi connectivity index (χ3n) is 4.48. The van der Waals surface area contributed by atoms with E-state index in [1.165, 1.54) is 11.8 Å². The summed E-state index contributed by atoms with van der Waals surface area (Å²) < 4.78 is 28.9. The molecule has 5 nitrogen and oxygen atoms in total. The highest BCUT2D eigenvalue weighted by atomic mass is 32.2. The molecule has 8 heteroatoms. The summed E-state index contributed by atoms with van der Waals surface area (Å²) >= 11 is 1.20. The maximum Gasteiger partial charge on any atom is 0.231 e. The molecular weight excluding hydrogens is 394 g/mol. The second-order valence-electron chi connectivity index (χ2n) is 6.38. The molecule has 1 heterocycles. The summed E-state index contributed by atoms with van der Waals surface area (Å²) in [6.45, 7) is 4.03. The Labute approximate surface area is 171 Å². The fourth-order valence-electron chi connectivity index (χ4n) is 2.82. The number of hydrogen-bond donors (Lipinski definition) is 1. The van der Waals surface area contributed by atoms with E-state index in [4.69, 9.17) is 0 Å². The Balaban J connectivity index is 1.69. The molecule has 0 saturated carbocycles. The molecule has 2 aromatic carbocycles. The van der Waals surface area contributed by atoms with Gasteiger partial charge in [-0.15, -0.1) is 0 Å². The maximum atomic E-state index is 13.9. The first-order valence-corrected chi connectivity index (χ1v) is 9.76. The van der Waals surface area contributed by atoms with Crippen LogP contribution in [-0.4, -0.2) is 21.2 Å². The molecule has 1 amide bonds. The minimum Gasteiger partial charge on any atom is -0.336 e. The molecule has 1 aromatic heterocycles. The van der Waals surface area contributed by atoms with Gasteiger partial charge in [0.15, 0.2) is 5.16 Å². The van der Waals surface area contributed by atoms with Crippen molar-refractivity contribution in [3.63, 3.8) is 0 Å². The van der Waals surface area contributed by atoms with E-state index in [9.17, 15) is 18.8 Å². The smallest absolute Gasteiger partial charge is 0.231 e. The van der Waals surface area contributed by atoms with Gasteiger partial charge in [-0.3, -0.25) is 9.36 Å². The Morgan fingerprint density at radius 3 is 2.83 bits per heavy atom. The summed E-state index contributed by atoms with van der Waals surface area (Å²) in [5.41, 5.74) is 3.13. The van der Waals surface area contributed by atoms with Crippen LogP contribution in [0.2, 0.25) is 0 Å². The summed E-state index contributed by atoms with van der Waals surface area (Å²) in [6.07, 6.45) is 3.46. The van der Waals surface area contributed by atoms with Crippen LogP contribution in [0.4, 0.5) is 8.78 Å². The molecular formula is C21H18F2N4OS. The lowest BCUT2D eigenvalue weighted by Crippen LogP contribution is -2.29. The van der Waals surface area contributed by atoms with Gasteiger partial charge in [0.05, 0.1) is 17.5 Å². The van der Waals surface area contributed by atoms with E-state index in [0.29, 0.717) is 11.2 Å². The molecule has 0 fully saturated rings. The van der Waals surface area contributed by atoms with Crippen molar-refractivity contribution >= 4 is 17.7 Å². The largest absolute Gasteiger partial charge is 0.336 e. The molecule has 1 N–H and O–H groups in total. The first-order chi connectivity index (χ1) is 13.9. The summed E-state index contributed by atoms with van der Waals surface area (Å²) in [4.78, 5) is 16.6. The number of benzene rings is 2. The van der Waals surface area contributed by atoms with Gasteiger partial charge >= 0.3 is 0 Å². The van der Waals surface area contributed by atoms with E-state index in [0.717, 1.165) is 28.9 Å². The van der Waals surface area contributed by atoms with Crippen LogP contribution in [0.15, 0.2) is 53.9 Å². The Morgan fingerprint density at radius 2 is 2.10 bits per heavy atom. The van der Waals surface area contributed by atoms with E-state index in [2.05, 4.69) is 10.3 Å². The summed E-state index contributed by atoms with van der Waals surface area (Å²) in [6, 6.07) is 9.45. The molecule has 1 unspecified atom stereocenters. The zero-order valence-corrected chi connectivity index (χ0v) is 16.6. The fraction of sp³-hybridized carbons (Fsp3) is 0.190. The zero-order valence-electron chi connectivity index (χ0n) is 15.8. The first kappa shape index (κ1) is 20.6. The average Bonchev–Trinajstić information content (AvgIpc) is 3.15. The second-order valence-corrected chi connectivity index (χ2v) is 7.33. The number of carbonyl (C=O) groups is 1. The quantitative estimate of drug-likeness (QED) is 0.615. The van der Waals surface area contributed by atoms with Crippen molar-refractivity contribution < 1.29 is 13.6 Å². The van der Waals surface area contributed by atoms with Crippen LogP contribution in [-0.2, 0) is 4.79 Å². The van der Waals surface area contributed by atoms with E-state index in [1.54, 1.807) is 6.20 Å². The van der Waals surface area contributed by atoms with Crippen molar-refractivity contribution in [1.29, 1.82) is 5.26 Å². The van der Waals surface area contributed by atoms with Crippen LogP contribution in [0.5, 0.6) is 0 Å². The van der Waals surface area contributed by atoms with Crippen molar-refractivity contribution in [2.45, 2.75) is 25.0 Å². The van der Waals surface area contributed by atoms with E-state index >= 15 is 0 Å². The number of nitrogens with one attached hydrogen (secondary N) is 1. The molecule has 0 bridgehead atoms. The normalized spacial score (nSPS) is 11.7. The Kier molecular flexibility index (Phi) is 6.29. The number of amides is 1. The predicted molar refractivity (Wildman–Crippen MR) is 107 cm³/mol.